The average molecular weight is 480 g/mol. The molecule has 8 nitrogen and oxygen atoms in total. The fourth-order valence-electron chi connectivity index (χ4n) is 4.73. The lowest BCUT2D eigenvalue weighted by Gasteiger charge is -2.33. The molecule has 1 saturated heterocycles. The molecule has 1 amide bonds. The van der Waals surface area contributed by atoms with Gasteiger partial charge in [0.15, 0.2) is 0 Å². The van der Waals surface area contributed by atoms with Crippen molar-refractivity contribution in [2.24, 2.45) is 0 Å². The molecule has 0 spiro atoms. The van der Waals surface area contributed by atoms with Crippen molar-refractivity contribution in [3.63, 3.8) is 0 Å². The summed E-state index contributed by atoms with van der Waals surface area (Å²) in [6.07, 6.45) is 3.64. The van der Waals surface area contributed by atoms with Crippen LogP contribution in [0.2, 0.25) is 0 Å². The van der Waals surface area contributed by atoms with Crippen molar-refractivity contribution >= 4 is 28.3 Å². The number of piperazine rings is 1. The zero-order valence-electron chi connectivity index (χ0n) is 20.8. The predicted molar refractivity (Wildman–Crippen MR) is 142 cm³/mol. The molecular weight excluding hydrogens is 450 g/mol. The van der Waals surface area contributed by atoms with Crippen LogP contribution in [-0.2, 0) is 0 Å². The van der Waals surface area contributed by atoms with Crippen molar-refractivity contribution in [3.05, 3.63) is 77.6 Å². The van der Waals surface area contributed by atoms with Crippen molar-refractivity contribution in [1.82, 2.24) is 19.7 Å². The monoisotopic (exact) mass is 479 g/mol. The third kappa shape index (κ3) is 4.53. The summed E-state index contributed by atoms with van der Waals surface area (Å²) in [4.78, 5) is 22.4. The summed E-state index contributed by atoms with van der Waals surface area (Å²) in [5.74, 6) is 0.751. The van der Waals surface area contributed by atoms with Crippen LogP contribution >= 0.6 is 0 Å². The predicted octanol–water partition coefficient (Wildman–Crippen LogP) is 4.42. The third-order valence-corrected chi connectivity index (χ3v) is 6.68. The number of nitrogens with zero attached hydrogens (tertiary/aromatic N) is 6. The molecule has 0 saturated carbocycles. The van der Waals surface area contributed by atoms with Crippen LogP contribution in [0, 0.1) is 11.3 Å². The molecule has 182 valence electrons. The van der Waals surface area contributed by atoms with Gasteiger partial charge in [-0.3, -0.25) is 4.79 Å². The van der Waals surface area contributed by atoms with E-state index in [4.69, 9.17) is 0 Å². The number of anilines is 2. The van der Waals surface area contributed by atoms with Gasteiger partial charge in [-0.05, 0) is 54.9 Å². The molecular formula is C28H29N7O. The van der Waals surface area contributed by atoms with E-state index in [0.29, 0.717) is 16.8 Å². The Labute approximate surface area is 210 Å². The third-order valence-electron chi connectivity index (χ3n) is 6.68. The van der Waals surface area contributed by atoms with Crippen LogP contribution in [0.15, 0.2) is 60.9 Å². The highest BCUT2D eigenvalue weighted by Crippen LogP contribution is 2.27. The number of amides is 1. The van der Waals surface area contributed by atoms with Crippen LogP contribution < -0.4 is 10.2 Å². The van der Waals surface area contributed by atoms with E-state index < -0.39 is 0 Å². The highest BCUT2D eigenvalue weighted by molar-refractivity contribution is 6.06. The average Bonchev–Trinajstić information content (AvgIpc) is 3.32. The Morgan fingerprint density at radius 1 is 1.08 bits per heavy atom. The summed E-state index contributed by atoms with van der Waals surface area (Å²) >= 11 is 0. The number of nitrogens with one attached hydrogen (secondary N) is 1. The molecule has 2 aromatic heterocycles. The summed E-state index contributed by atoms with van der Waals surface area (Å²) in [7, 11) is 2.14. The second-order valence-corrected chi connectivity index (χ2v) is 9.48. The first kappa shape index (κ1) is 23.5. The number of benzene rings is 2. The normalized spacial score (nSPS) is 14.2. The summed E-state index contributed by atoms with van der Waals surface area (Å²) < 4.78 is 1.88. The number of hydrogen-bond donors (Lipinski definition) is 1. The Kier molecular flexibility index (Phi) is 6.40. The minimum absolute atomic E-state index is 0.0479. The van der Waals surface area contributed by atoms with Gasteiger partial charge in [-0.15, -0.1) is 0 Å². The summed E-state index contributed by atoms with van der Waals surface area (Å²) in [5.41, 5.74) is 4.28. The van der Waals surface area contributed by atoms with Gasteiger partial charge in [0.25, 0.3) is 5.91 Å². The van der Waals surface area contributed by atoms with Gasteiger partial charge in [0.2, 0.25) is 0 Å². The van der Waals surface area contributed by atoms with Crippen molar-refractivity contribution in [3.8, 4) is 11.8 Å². The lowest BCUT2D eigenvalue weighted by Crippen LogP contribution is -2.44. The lowest BCUT2D eigenvalue weighted by molar-refractivity contribution is 0.102. The van der Waals surface area contributed by atoms with E-state index in [2.05, 4.69) is 44.4 Å². The van der Waals surface area contributed by atoms with Crippen LogP contribution in [0.25, 0.3) is 16.6 Å². The molecule has 0 atom stereocenters. The summed E-state index contributed by atoms with van der Waals surface area (Å²) in [6, 6.07) is 17.2. The van der Waals surface area contributed by atoms with Gasteiger partial charge in [-0.1, -0.05) is 19.9 Å². The molecule has 1 aliphatic heterocycles. The van der Waals surface area contributed by atoms with E-state index in [9.17, 15) is 10.1 Å². The number of likely N-dealkylation sites (N-methyl/N-ethyl adjacent to an activating group) is 1. The molecule has 2 aromatic carbocycles. The van der Waals surface area contributed by atoms with Crippen LogP contribution in [0.1, 0.15) is 41.3 Å². The topological polar surface area (TPSA) is 90.1 Å². The van der Waals surface area contributed by atoms with E-state index in [0.717, 1.165) is 54.2 Å². The smallest absolute Gasteiger partial charge is 0.255 e. The Morgan fingerprint density at radius 3 is 2.64 bits per heavy atom. The molecule has 1 aliphatic rings. The lowest BCUT2D eigenvalue weighted by atomic mass is 9.92. The first-order valence-corrected chi connectivity index (χ1v) is 12.2. The second kappa shape index (κ2) is 9.80. The Bertz CT molecular complexity index is 1460. The molecule has 8 heteroatoms. The maximum atomic E-state index is 13.2. The van der Waals surface area contributed by atoms with Gasteiger partial charge >= 0.3 is 0 Å². The summed E-state index contributed by atoms with van der Waals surface area (Å²) in [6.45, 7) is 7.87. The molecule has 0 unspecified atom stereocenters. The minimum Gasteiger partial charge on any atom is -0.354 e. The number of rotatable bonds is 5. The van der Waals surface area contributed by atoms with Crippen LogP contribution in [0.3, 0.4) is 0 Å². The quantitative estimate of drug-likeness (QED) is 0.456. The number of fused-ring (bicyclic) bond motifs is 1. The molecule has 3 heterocycles. The fourth-order valence-corrected chi connectivity index (χ4v) is 4.73. The second-order valence-electron chi connectivity index (χ2n) is 9.48. The van der Waals surface area contributed by atoms with E-state index in [1.807, 2.05) is 55.2 Å². The molecule has 1 N–H and O–H groups in total. The Morgan fingerprint density at radius 2 is 1.89 bits per heavy atom. The highest BCUT2D eigenvalue weighted by Gasteiger charge is 2.19. The maximum absolute atomic E-state index is 13.2. The van der Waals surface area contributed by atoms with E-state index >= 15 is 0 Å². The Hall–Kier alpha value is -4.22. The van der Waals surface area contributed by atoms with Gasteiger partial charge < -0.3 is 15.1 Å². The van der Waals surface area contributed by atoms with Crippen molar-refractivity contribution < 1.29 is 4.79 Å². The zero-order valence-corrected chi connectivity index (χ0v) is 20.8. The highest BCUT2D eigenvalue weighted by atomic mass is 16.1. The van der Waals surface area contributed by atoms with Gasteiger partial charge in [-0.25, -0.2) is 9.67 Å². The molecule has 0 bridgehead atoms. The van der Waals surface area contributed by atoms with Gasteiger partial charge in [0.1, 0.15) is 5.82 Å². The number of aromatic nitrogens is 3. The molecule has 4 aromatic rings. The SMILES string of the molecule is CC(C)c1c(C#N)cccc1C(=O)Nc1ccc2cnn(-c3ccnc(N4CCN(C)CC4)c3)c2c1. The first-order valence-electron chi connectivity index (χ1n) is 12.2. The van der Waals surface area contributed by atoms with E-state index in [1.54, 1.807) is 18.2 Å². The largest absolute Gasteiger partial charge is 0.354 e. The van der Waals surface area contributed by atoms with E-state index in [1.165, 1.54) is 0 Å². The number of nitriles is 1. The Balaban J connectivity index is 1.45. The summed E-state index contributed by atoms with van der Waals surface area (Å²) in [5, 5.41) is 18.1. The molecule has 0 aliphatic carbocycles. The minimum atomic E-state index is -0.234. The van der Waals surface area contributed by atoms with Crippen LogP contribution in [-0.4, -0.2) is 58.8 Å². The van der Waals surface area contributed by atoms with Crippen LogP contribution in [0.5, 0.6) is 0 Å². The zero-order chi connectivity index (χ0) is 25.2. The van der Waals surface area contributed by atoms with Crippen molar-refractivity contribution in [1.29, 1.82) is 5.26 Å². The molecule has 5 rings (SSSR count). The molecule has 1 fully saturated rings. The maximum Gasteiger partial charge on any atom is 0.255 e. The van der Waals surface area contributed by atoms with Crippen molar-refractivity contribution in [2.75, 3.05) is 43.4 Å². The van der Waals surface area contributed by atoms with Crippen LogP contribution in [0.4, 0.5) is 11.5 Å². The van der Waals surface area contributed by atoms with Gasteiger partial charge in [0.05, 0.1) is 29.0 Å². The van der Waals surface area contributed by atoms with E-state index in [-0.39, 0.29) is 11.8 Å². The number of carbonyl (C=O) groups is 1. The number of pyridine rings is 1. The fraction of sp³-hybridized carbons (Fsp3) is 0.286. The standard InChI is InChI=1S/C28H29N7O/c1-19(2)27-20(17-29)5-4-6-24(27)28(36)32-22-8-7-21-18-31-35(25(21)15-22)23-9-10-30-26(16-23)34-13-11-33(3)12-14-34/h4-10,15-16,18-19H,11-14H2,1-3H3,(H,32,36). The first-order chi connectivity index (χ1) is 17.4. The van der Waals surface area contributed by atoms with Crippen molar-refractivity contribution in [2.45, 2.75) is 19.8 Å². The van der Waals surface area contributed by atoms with Gasteiger partial charge in [0, 0.05) is 55.1 Å². The molecule has 0 radical (unpaired) electrons. The number of hydrogen-bond acceptors (Lipinski definition) is 6. The molecule has 36 heavy (non-hydrogen) atoms. The van der Waals surface area contributed by atoms with Gasteiger partial charge in [-0.2, -0.15) is 10.4 Å². The number of carbonyl (C=O) groups excluding carboxylic acids is 1.